The Morgan fingerprint density at radius 2 is 2.38 bits per heavy atom. The molecule has 3 rings (SSSR count). The number of allylic oxidation sites excluding steroid dienone is 2. The van der Waals surface area contributed by atoms with Crippen molar-refractivity contribution in [3.63, 3.8) is 0 Å². The number of nitrogens with one attached hydrogen (secondary N) is 1. The molecule has 0 saturated carbocycles. The Balaban J connectivity index is 1.63. The van der Waals surface area contributed by atoms with Gasteiger partial charge in [0.2, 0.25) is 0 Å². The van der Waals surface area contributed by atoms with Gasteiger partial charge in [0, 0.05) is 42.9 Å². The second kappa shape index (κ2) is 5.57. The van der Waals surface area contributed by atoms with Crippen molar-refractivity contribution in [1.82, 2.24) is 9.78 Å². The molecular weight excluding hydrogens is 284 g/mol. The summed E-state index contributed by atoms with van der Waals surface area (Å²) in [7, 11) is 3.57. The van der Waals surface area contributed by atoms with Crippen LogP contribution in [-0.2, 0) is 7.05 Å². The van der Waals surface area contributed by atoms with Gasteiger partial charge < -0.3 is 10.1 Å². The maximum Gasteiger partial charge on any atom is 0.131 e. The average molecular weight is 300 g/mol. The summed E-state index contributed by atoms with van der Waals surface area (Å²) in [6.45, 7) is 4.07. The maximum absolute atomic E-state index is 5.17. The summed E-state index contributed by atoms with van der Waals surface area (Å²) in [6, 6.07) is 1.95. The van der Waals surface area contributed by atoms with Crippen molar-refractivity contribution in [2.24, 2.45) is 12.0 Å². The van der Waals surface area contributed by atoms with E-state index in [1.165, 1.54) is 0 Å². The molecular formula is C15H16N4OS. The number of aryl methyl sites for hydroxylation is 1. The van der Waals surface area contributed by atoms with Crippen LogP contribution >= 0.6 is 11.3 Å². The van der Waals surface area contributed by atoms with E-state index in [0.29, 0.717) is 0 Å². The van der Waals surface area contributed by atoms with Crippen molar-refractivity contribution in [3.05, 3.63) is 47.9 Å². The van der Waals surface area contributed by atoms with Crippen LogP contribution in [0.25, 0.3) is 5.57 Å². The summed E-state index contributed by atoms with van der Waals surface area (Å²) < 4.78 is 6.96. The predicted octanol–water partition coefficient (Wildman–Crippen LogP) is 3.30. The Bertz CT molecular complexity index is 738. The number of anilines is 1. The number of thiophene rings is 1. The first kappa shape index (κ1) is 13.6. The molecule has 2 aromatic heterocycles. The fraction of sp³-hybridized carbons (Fsp3) is 0.200. The molecule has 5 nitrogen and oxygen atoms in total. The summed E-state index contributed by atoms with van der Waals surface area (Å²) in [6.07, 6.45) is 6.49. The van der Waals surface area contributed by atoms with Crippen LogP contribution in [-0.4, -0.2) is 22.6 Å². The minimum absolute atomic E-state index is 0.764. The molecule has 0 amide bonds. The van der Waals surface area contributed by atoms with Crippen LogP contribution in [0, 0.1) is 0 Å². The first-order valence-corrected chi connectivity index (χ1v) is 7.37. The number of nitrogens with zero attached hydrogens (tertiary/aromatic N) is 3. The van der Waals surface area contributed by atoms with E-state index in [1.807, 2.05) is 37.1 Å². The topological polar surface area (TPSA) is 51.4 Å². The van der Waals surface area contributed by atoms with Gasteiger partial charge >= 0.3 is 0 Å². The van der Waals surface area contributed by atoms with Crippen molar-refractivity contribution in [3.8, 4) is 5.75 Å². The van der Waals surface area contributed by atoms with E-state index in [2.05, 4.69) is 22.0 Å². The molecule has 3 heterocycles. The van der Waals surface area contributed by atoms with Crippen LogP contribution in [0.4, 0.5) is 5.00 Å². The van der Waals surface area contributed by atoms with Gasteiger partial charge in [-0.2, -0.15) is 5.10 Å². The fourth-order valence-corrected chi connectivity index (χ4v) is 2.86. The molecule has 6 heteroatoms. The molecule has 2 aromatic rings. The molecule has 1 N–H and O–H groups in total. The van der Waals surface area contributed by atoms with E-state index in [-0.39, 0.29) is 0 Å². The molecule has 21 heavy (non-hydrogen) atoms. The lowest BCUT2D eigenvalue weighted by Crippen LogP contribution is -2.07. The third-order valence-electron chi connectivity index (χ3n) is 3.24. The van der Waals surface area contributed by atoms with E-state index < -0.39 is 0 Å². The maximum atomic E-state index is 5.17. The first-order valence-electron chi connectivity index (χ1n) is 6.49. The summed E-state index contributed by atoms with van der Waals surface area (Å²) in [5.41, 5.74) is 4.02. The van der Waals surface area contributed by atoms with E-state index in [4.69, 9.17) is 4.74 Å². The van der Waals surface area contributed by atoms with Gasteiger partial charge in [-0.05, 0) is 5.57 Å². The Hall–Kier alpha value is -2.34. The van der Waals surface area contributed by atoms with Crippen molar-refractivity contribution >= 4 is 27.6 Å². The summed E-state index contributed by atoms with van der Waals surface area (Å²) in [4.78, 5) is 4.45. The number of hydrogen-bond acceptors (Lipinski definition) is 5. The second-order valence-corrected chi connectivity index (χ2v) is 5.68. The molecule has 108 valence electrons. The third kappa shape index (κ3) is 2.90. The number of hydrogen-bond donors (Lipinski definition) is 1. The minimum Gasteiger partial charge on any atom is -0.496 e. The molecule has 0 radical (unpaired) electrons. The number of rotatable bonds is 5. The van der Waals surface area contributed by atoms with Gasteiger partial charge in [0.05, 0.1) is 29.7 Å². The van der Waals surface area contributed by atoms with Crippen LogP contribution in [0.2, 0.25) is 0 Å². The Morgan fingerprint density at radius 1 is 1.52 bits per heavy atom. The summed E-state index contributed by atoms with van der Waals surface area (Å²) in [5.74, 6) is 0.845. The monoisotopic (exact) mass is 300 g/mol. The molecule has 0 fully saturated rings. The van der Waals surface area contributed by atoms with Gasteiger partial charge in [-0.3, -0.25) is 9.67 Å². The largest absolute Gasteiger partial charge is 0.496 e. The van der Waals surface area contributed by atoms with Crippen molar-refractivity contribution in [2.75, 3.05) is 12.4 Å². The van der Waals surface area contributed by atoms with E-state index in [9.17, 15) is 0 Å². The quantitative estimate of drug-likeness (QED) is 0.921. The van der Waals surface area contributed by atoms with Gasteiger partial charge in [0.25, 0.3) is 0 Å². The Labute approximate surface area is 127 Å². The zero-order valence-corrected chi connectivity index (χ0v) is 12.8. The van der Waals surface area contributed by atoms with E-state index in [0.717, 1.165) is 39.7 Å². The molecule has 0 unspecified atom stereocenters. The standard InChI is InChI=1S/C15H16N4OS/c1-10(18-15-5-13(20-3)9-21-15)14-4-11(6-16-14)12-7-17-19(2)8-12/h5-9,18H,1,4H2,2-3H3. The molecule has 1 aliphatic rings. The van der Waals surface area contributed by atoms with Gasteiger partial charge in [-0.25, -0.2) is 0 Å². The lowest BCUT2D eigenvalue weighted by molar-refractivity contribution is 0.417. The van der Waals surface area contributed by atoms with Gasteiger partial charge in [0.15, 0.2) is 0 Å². The molecule has 0 atom stereocenters. The third-order valence-corrected chi connectivity index (χ3v) is 4.07. The van der Waals surface area contributed by atoms with Crippen LogP contribution in [0.5, 0.6) is 5.75 Å². The summed E-state index contributed by atoms with van der Waals surface area (Å²) in [5, 5.41) is 10.4. The van der Waals surface area contributed by atoms with Gasteiger partial charge in [0.1, 0.15) is 5.75 Å². The number of methoxy groups -OCH3 is 1. The molecule has 0 spiro atoms. The van der Waals surface area contributed by atoms with E-state index >= 15 is 0 Å². The smallest absolute Gasteiger partial charge is 0.131 e. The van der Waals surface area contributed by atoms with Crippen LogP contribution in [0.1, 0.15) is 12.0 Å². The number of aliphatic imine (C=N–C) groups is 1. The lowest BCUT2D eigenvalue weighted by atomic mass is 10.1. The fourth-order valence-electron chi connectivity index (χ4n) is 2.09. The molecule has 0 aliphatic carbocycles. The Morgan fingerprint density at radius 3 is 3.05 bits per heavy atom. The lowest BCUT2D eigenvalue weighted by Gasteiger charge is -2.07. The number of ether oxygens (including phenoxy) is 1. The first-order chi connectivity index (χ1) is 10.2. The van der Waals surface area contributed by atoms with Crippen LogP contribution in [0.15, 0.2) is 47.3 Å². The molecule has 0 aromatic carbocycles. The van der Waals surface area contributed by atoms with Crippen LogP contribution in [0.3, 0.4) is 0 Å². The van der Waals surface area contributed by atoms with Crippen molar-refractivity contribution < 1.29 is 4.74 Å². The average Bonchev–Trinajstić information content (AvgIpc) is 3.17. The van der Waals surface area contributed by atoms with Crippen molar-refractivity contribution in [1.29, 1.82) is 0 Å². The predicted molar refractivity (Wildman–Crippen MR) is 86.9 cm³/mol. The highest BCUT2D eigenvalue weighted by atomic mass is 32.1. The van der Waals surface area contributed by atoms with Gasteiger partial charge in [-0.1, -0.05) is 6.58 Å². The highest BCUT2D eigenvalue weighted by Gasteiger charge is 2.16. The van der Waals surface area contributed by atoms with Crippen LogP contribution < -0.4 is 10.1 Å². The van der Waals surface area contributed by atoms with Gasteiger partial charge in [-0.15, -0.1) is 11.3 Å². The minimum atomic E-state index is 0.764. The second-order valence-electron chi connectivity index (χ2n) is 4.76. The van der Waals surface area contributed by atoms with E-state index in [1.54, 1.807) is 23.1 Å². The van der Waals surface area contributed by atoms with Crippen molar-refractivity contribution in [2.45, 2.75) is 6.42 Å². The molecule has 0 bridgehead atoms. The highest BCUT2D eigenvalue weighted by Crippen LogP contribution is 2.29. The molecule has 0 saturated heterocycles. The number of aromatic nitrogens is 2. The highest BCUT2D eigenvalue weighted by molar-refractivity contribution is 7.14. The molecule has 1 aliphatic heterocycles. The normalized spacial score (nSPS) is 13.8. The zero-order valence-electron chi connectivity index (χ0n) is 12.0. The SMILES string of the molecule is C=C(Nc1cc(OC)cs1)C1=NC=C(c2cnn(C)c2)C1. The Kier molecular flexibility index (Phi) is 3.62. The summed E-state index contributed by atoms with van der Waals surface area (Å²) >= 11 is 1.58. The zero-order chi connectivity index (χ0) is 14.8.